The van der Waals surface area contributed by atoms with E-state index in [1.165, 1.54) is 0 Å². The second-order valence-electron chi connectivity index (χ2n) is 6.11. The summed E-state index contributed by atoms with van der Waals surface area (Å²) in [4.78, 5) is 14.6. The SMILES string of the molecule is CCOC(=O)C(C)C[C@@H](Cc1ccc(-c2cccc(Cl)c2)cc1)NCl. The van der Waals surface area contributed by atoms with Gasteiger partial charge in [0, 0.05) is 11.1 Å². The third-order valence-electron chi connectivity index (χ3n) is 4.08. The van der Waals surface area contributed by atoms with Crippen molar-refractivity contribution in [1.29, 1.82) is 0 Å². The number of esters is 1. The van der Waals surface area contributed by atoms with Gasteiger partial charge in [0.2, 0.25) is 0 Å². The summed E-state index contributed by atoms with van der Waals surface area (Å²) in [5, 5.41) is 0.723. The average molecular weight is 380 g/mol. The lowest BCUT2D eigenvalue weighted by Gasteiger charge is -2.18. The van der Waals surface area contributed by atoms with Gasteiger partial charge >= 0.3 is 5.97 Å². The summed E-state index contributed by atoms with van der Waals surface area (Å²) in [5.74, 6) is -0.377. The van der Waals surface area contributed by atoms with Crippen molar-refractivity contribution in [2.24, 2.45) is 5.92 Å². The zero-order valence-corrected chi connectivity index (χ0v) is 16.0. The van der Waals surface area contributed by atoms with E-state index in [-0.39, 0.29) is 17.9 Å². The van der Waals surface area contributed by atoms with Crippen molar-refractivity contribution in [2.75, 3.05) is 6.61 Å². The first kappa shape index (κ1) is 19.8. The molecule has 134 valence electrons. The monoisotopic (exact) mass is 379 g/mol. The smallest absolute Gasteiger partial charge is 0.308 e. The highest BCUT2D eigenvalue weighted by Gasteiger charge is 2.19. The highest BCUT2D eigenvalue weighted by atomic mass is 35.5. The zero-order chi connectivity index (χ0) is 18.2. The molecule has 0 fully saturated rings. The van der Waals surface area contributed by atoms with Crippen LogP contribution in [0.15, 0.2) is 48.5 Å². The molecule has 1 N–H and O–H groups in total. The maximum Gasteiger partial charge on any atom is 0.308 e. The Hall–Kier alpha value is -1.55. The first-order valence-corrected chi connectivity index (χ1v) is 9.16. The molecule has 25 heavy (non-hydrogen) atoms. The molecule has 0 aliphatic heterocycles. The number of benzene rings is 2. The Labute approximate surface area is 159 Å². The third kappa shape index (κ3) is 6.03. The molecular weight excluding hydrogens is 357 g/mol. The number of carbonyl (C=O) groups is 1. The Kier molecular flexibility index (Phi) is 7.76. The van der Waals surface area contributed by atoms with E-state index in [0.717, 1.165) is 28.1 Å². The van der Waals surface area contributed by atoms with Crippen LogP contribution in [0.4, 0.5) is 0 Å². The van der Waals surface area contributed by atoms with Crippen LogP contribution in [0.2, 0.25) is 5.02 Å². The van der Waals surface area contributed by atoms with Crippen LogP contribution in [-0.4, -0.2) is 18.6 Å². The molecule has 0 radical (unpaired) electrons. The maximum absolute atomic E-state index is 11.8. The Morgan fingerprint density at radius 3 is 2.48 bits per heavy atom. The van der Waals surface area contributed by atoms with E-state index >= 15 is 0 Å². The van der Waals surface area contributed by atoms with Gasteiger partial charge in [0.05, 0.1) is 12.5 Å². The second-order valence-corrected chi connectivity index (χ2v) is 6.76. The van der Waals surface area contributed by atoms with E-state index in [4.69, 9.17) is 28.1 Å². The molecule has 0 aliphatic carbocycles. The summed E-state index contributed by atoms with van der Waals surface area (Å²) in [6, 6.07) is 16.1. The Balaban J connectivity index is 2.00. The van der Waals surface area contributed by atoms with Crippen LogP contribution >= 0.6 is 23.4 Å². The summed E-state index contributed by atoms with van der Waals surface area (Å²) < 4.78 is 5.05. The van der Waals surface area contributed by atoms with Crippen LogP contribution in [0.5, 0.6) is 0 Å². The van der Waals surface area contributed by atoms with Crippen LogP contribution in [0, 0.1) is 5.92 Å². The van der Waals surface area contributed by atoms with Crippen molar-refractivity contribution in [3.63, 3.8) is 0 Å². The van der Waals surface area contributed by atoms with Crippen molar-refractivity contribution in [1.82, 2.24) is 4.84 Å². The van der Waals surface area contributed by atoms with Crippen molar-refractivity contribution < 1.29 is 9.53 Å². The molecule has 2 rings (SSSR count). The number of ether oxygens (including phenoxy) is 1. The Morgan fingerprint density at radius 1 is 1.16 bits per heavy atom. The van der Waals surface area contributed by atoms with E-state index in [2.05, 4.69) is 29.1 Å². The number of hydrogen-bond acceptors (Lipinski definition) is 3. The molecule has 0 aromatic heterocycles. The van der Waals surface area contributed by atoms with Crippen molar-refractivity contribution >= 4 is 29.3 Å². The van der Waals surface area contributed by atoms with Gasteiger partial charge < -0.3 is 4.74 Å². The summed E-state index contributed by atoms with van der Waals surface area (Å²) in [7, 11) is 0. The lowest BCUT2D eigenvalue weighted by atomic mass is 9.95. The average Bonchev–Trinajstić information content (AvgIpc) is 2.61. The topological polar surface area (TPSA) is 38.3 Å². The Bertz CT molecular complexity index is 688. The highest BCUT2D eigenvalue weighted by Crippen LogP contribution is 2.23. The molecule has 2 atom stereocenters. The van der Waals surface area contributed by atoms with E-state index in [1.54, 1.807) is 0 Å². The van der Waals surface area contributed by atoms with Gasteiger partial charge in [0.15, 0.2) is 0 Å². The van der Waals surface area contributed by atoms with E-state index in [9.17, 15) is 4.79 Å². The number of hydrogen-bond donors (Lipinski definition) is 1. The van der Waals surface area contributed by atoms with Gasteiger partial charge in [-0.15, -0.1) is 0 Å². The summed E-state index contributed by atoms with van der Waals surface area (Å²) in [5.41, 5.74) is 3.35. The second kappa shape index (κ2) is 9.81. The summed E-state index contributed by atoms with van der Waals surface area (Å²) in [6.45, 7) is 4.07. The molecule has 0 saturated heterocycles. The molecule has 0 aliphatic rings. The van der Waals surface area contributed by atoms with Gasteiger partial charge in [0.25, 0.3) is 0 Å². The van der Waals surface area contributed by atoms with Gasteiger partial charge in [-0.3, -0.25) is 4.79 Å². The van der Waals surface area contributed by atoms with Gasteiger partial charge in [-0.25, -0.2) is 4.84 Å². The molecule has 3 nitrogen and oxygen atoms in total. The van der Waals surface area contributed by atoms with E-state index in [0.29, 0.717) is 13.0 Å². The predicted octanol–water partition coefficient (Wildman–Crippen LogP) is 5.25. The lowest BCUT2D eigenvalue weighted by Crippen LogP contribution is -2.29. The minimum atomic E-state index is -0.193. The first-order valence-electron chi connectivity index (χ1n) is 8.41. The molecule has 5 heteroatoms. The third-order valence-corrected chi connectivity index (χ3v) is 4.62. The van der Waals surface area contributed by atoms with Crippen LogP contribution < -0.4 is 4.84 Å². The zero-order valence-electron chi connectivity index (χ0n) is 14.5. The number of halogens is 2. The fourth-order valence-electron chi connectivity index (χ4n) is 2.76. The van der Waals surface area contributed by atoms with Crippen LogP contribution in [0.1, 0.15) is 25.8 Å². The van der Waals surface area contributed by atoms with Gasteiger partial charge in [-0.05, 0) is 60.4 Å². The number of rotatable bonds is 8. The quantitative estimate of drug-likeness (QED) is 0.502. The maximum atomic E-state index is 11.8. The molecule has 0 saturated carbocycles. The standard InChI is InChI=1S/C20H23Cl2NO2/c1-3-25-20(24)14(2)11-19(23-22)12-15-7-9-16(10-8-15)17-5-4-6-18(21)13-17/h4-10,13-14,19,23H,3,11-12H2,1-2H3/t14?,19-/m0/s1. The molecule has 0 bridgehead atoms. The van der Waals surface area contributed by atoms with Crippen molar-refractivity contribution in [2.45, 2.75) is 32.7 Å². The van der Waals surface area contributed by atoms with Crippen LogP contribution in [-0.2, 0) is 16.0 Å². The van der Waals surface area contributed by atoms with E-state index < -0.39 is 0 Å². The fraction of sp³-hybridized carbons (Fsp3) is 0.350. The van der Waals surface area contributed by atoms with Gasteiger partial charge in [-0.1, -0.05) is 54.9 Å². The minimum Gasteiger partial charge on any atom is -0.466 e. The van der Waals surface area contributed by atoms with Crippen molar-refractivity contribution in [3.05, 3.63) is 59.1 Å². The fourth-order valence-corrected chi connectivity index (χ4v) is 3.12. The molecule has 2 aromatic carbocycles. The molecule has 1 unspecified atom stereocenters. The van der Waals surface area contributed by atoms with Gasteiger partial charge in [-0.2, -0.15) is 0 Å². The largest absolute Gasteiger partial charge is 0.466 e. The van der Waals surface area contributed by atoms with Crippen LogP contribution in [0.3, 0.4) is 0 Å². The summed E-state index contributed by atoms with van der Waals surface area (Å²) in [6.07, 6.45) is 1.36. The number of nitrogens with one attached hydrogen (secondary N) is 1. The normalized spacial score (nSPS) is 13.3. The first-order chi connectivity index (χ1) is 12.0. The molecule has 0 amide bonds. The van der Waals surface area contributed by atoms with Crippen molar-refractivity contribution in [3.8, 4) is 11.1 Å². The predicted molar refractivity (Wildman–Crippen MR) is 104 cm³/mol. The lowest BCUT2D eigenvalue weighted by molar-refractivity contribution is -0.147. The molecule has 0 heterocycles. The number of carbonyl (C=O) groups excluding carboxylic acids is 1. The molecular formula is C20H23Cl2NO2. The Morgan fingerprint density at radius 2 is 1.88 bits per heavy atom. The van der Waals surface area contributed by atoms with E-state index in [1.807, 2.05) is 38.1 Å². The summed E-state index contributed by atoms with van der Waals surface area (Å²) >= 11 is 11.9. The van der Waals surface area contributed by atoms with Crippen LogP contribution in [0.25, 0.3) is 11.1 Å². The minimum absolute atomic E-state index is 0.00177. The molecule has 2 aromatic rings. The highest BCUT2D eigenvalue weighted by molar-refractivity contribution is 6.30. The molecule has 0 spiro atoms. The van der Waals surface area contributed by atoms with Gasteiger partial charge in [0.1, 0.15) is 0 Å².